The van der Waals surface area contributed by atoms with Crippen LogP contribution in [0, 0.1) is 17.1 Å². The Bertz CT molecular complexity index is 636. The Kier molecular flexibility index (Phi) is 3.31. The minimum Gasteiger partial charge on any atom is -0.397 e. The van der Waals surface area contributed by atoms with E-state index in [9.17, 15) is 4.39 Å². The average molecular weight is 263 g/mol. The molecule has 2 rings (SSSR count). The molecule has 1 aromatic carbocycles. The van der Waals surface area contributed by atoms with Crippen LogP contribution in [0.1, 0.15) is 5.56 Å². The maximum Gasteiger partial charge on any atom is 0.148 e. The molecule has 0 atom stereocenters. The normalized spacial score (nSPS) is 9.83. The lowest BCUT2D eigenvalue weighted by molar-refractivity contribution is 0.628. The van der Waals surface area contributed by atoms with Crippen LogP contribution in [0.15, 0.2) is 30.5 Å². The molecule has 0 spiro atoms. The number of anilines is 3. The van der Waals surface area contributed by atoms with Gasteiger partial charge in [0.15, 0.2) is 0 Å². The van der Waals surface area contributed by atoms with Gasteiger partial charge >= 0.3 is 0 Å². The van der Waals surface area contributed by atoms with Crippen molar-refractivity contribution in [3.8, 4) is 6.07 Å². The Labute approximate surface area is 108 Å². The molecule has 18 heavy (non-hydrogen) atoms. The largest absolute Gasteiger partial charge is 0.397 e. The number of nitrogens with one attached hydrogen (secondary N) is 1. The first-order valence-electron chi connectivity index (χ1n) is 4.98. The molecule has 0 amide bonds. The summed E-state index contributed by atoms with van der Waals surface area (Å²) in [5.41, 5.74) is 6.50. The number of rotatable bonds is 2. The van der Waals surface area contributed by atoms with Crippen LogP contribution in [0.2, 0.25) is 5.02 Å². The Morgan fingerprint density at radius 3 is 2.89 bits per heavy atom. The van der Waals surface area contributed by atoms with E-state index in [1.807, 2.05) is 6.07 Å². The third-order valence-electron chi connectivity index (χ3n) is 2.21. The minimum absolute atomic E-state index is 0.260. The highest BCUT2D eigenvalue weighted by Gasteiger charge is 2.08. The molecule has 90 valence electrons. The van der Waals surface area contributed by atoms with Gasteiger partial charge in [-0.25, -0.2) is 9.37 Å². The number of halogens is 2. The zero-order valence-electron chi connectivity index (χ0n) is 9.11. The molecule has 4 nitrogen and oxygen atoms in total. The van der Waals surface area contributed by atoms with E-state index in [0.717, 1.165) is 0 Å². The summed E-state index contributed by atoms with van der Waals surface area (Å²) in [6.45, 7) is 0. The van der Waals surface area contributed by atoms with E-state index in [1.54, 1.807) is 0 Å². The second-order valence-electron chi connectivity index (χ2n) is 3.53. The molecule has 0 aliphatic heterocycles. The second kappa shape index (κ2) is 4.90. The lowest BCUT2D eigenvalue weighted by Crippen LogP contribution is -1.99. The van der Waals surface area contributed by atoms with Gasteiger partial charge in [-0.15, -0.1) is 0 Å². The van der Waals surface area contributed by atoms with Crippen molar-refractivity contribution in [2.75, 3.05) is 11.1 Å². The Morgan fingerprint density at radius 1 is 1.39 bits per heavy atom. The standard InChI is InChI=1S/C12H8ClFN4/c13-10-2-1-8(14)4-11(10)18-12-7(5-15)3-9(16)6-17-12/h1-4,6H,16H2,(H,17,18). The molecule has 0 saturated heterocycles. The van der Waals surface area contributed by atoms with E-state index in [4.69, 9.17) is 22.6 Å². The number of aromatic nitrogens is 1. The van der Waals surface area contributed by atoms with Crippen molar-refractivity contribution >= 4 is 28.8 Å². The third kappa shape index (κ3) is 2.50. The number of pyridine rings is 1. The summed E-state index contributed by atoms with van der Waals surface area (Å²) in [6, 6.07) is 7.31. The summed E-state index contributed by atoms with van der Waals surface area (Å²) in [4.78, 5) is 3.98. The summed E-state index contributed by atoms with van der Waals surface area (Å²) < 4.78 is 13.1. The molecule has 0 bridgehead atoms. The molecule has 0 aliphatic carbocycles. The molecule has 0 unspecified atom stereocenters. The lowest BCUT2D eigenvalue weighted by atomic mass is 10.2. The lowest BCUT2D eigenvalue weighted by Gasteiger charge is -2.09. The van der Waals surface area contributed by atoms with E-state index < -0.39 is 5.82 Å². The van der Waals surface area contributed by atoms with Crippen molar-refractivity contribution in [3.05, 3.63) is 46.9 Å². The number of nitriles is 1. The van der Waals surface area contributed by atoms with E-state index >= 15 is 0 Å². The second-order valence-corrected chi connectivity index (χ2v) is 3.93. The molecular weight excluding hydrogens is 255 g/mol. The first kappa shape index (κ1) is 12.1. The summed E-state index contributed by atoms with van der Waals surface area (Å²) in [5, 5.41) is 12.1. The van der Waals surface area contributed by atoms with Gasteiger partial charge in [-0.05, 0) is 24.3 Å². The van der Waals surface area contributed by atoms with Gasteiger partial charge in [0, 0.05) is 0 Å². The topological polar surface area (TPSA) is 74.7 Å². The van der Waals surface area contributed by atoms with Gasteiger partial charge in [-0.2, -0.15) is 5.26 Å². The summed E-state index contributed by atoms with van der Waals surface area (Å²) in [6.07, 6.45) is 1.40. The van der Waals surface area contributed by atoms with Crippen molar-refractivity contribution in [3.63, 3.8) is 0 Å². The Balaban J connectivity index is 2.40. The molecule has 1 heterocycles. The van der Waals surface area contributed by atoms with E-state index in [2.05, 4.69) is 10.3 Å². The first-order valence-corrected chi connectivity index (χ1v) is 5.35. The zero-order valence-corrected chi connectivity index (χ0v) is 9.87. The molecule has 0 aliphatic rings. The first-order chi connectivity index (χ1) is 8.60. The average Bonchev–Trinajstić information content (AvgIpc) is 2.36. The monoisotopic (exact) mass is 262 g/mol. The predicted molar refractivity (Wildman–Crippen MR) is 68.1 cm³/mol. The fourth-order valence-corrected chi connectivity index (χ4v) is 1.55. The SMILES string of the molecule is N#Cc1cc(N)cnc1Nc1cc(F)ccc1Cl. The molecule has 2 aromatic rings. The molecule has 0 saturated carbocycles. The van der Waals surface area contributed by atoms with Crippen LogP contribution in [-0.4, -0.2) is 4.98 Å². The number of benzene rings is 1. The smallest absolute Gasteiger partial charge is 0.148 e. The zero-order chi connectivity index (χ0) is 13.1. The molecule has 0 radical (unpaired) electrons. The van der Waals surface area contributed by atoms with Gasteiger partial charge in [0.05, 0.1) is 28.2 Å². The van der Waals surface area contributed by atoms with E-state index in [0.29, 0.717) is 16.4 Å². The van der Waals surface area contributed by atoms with E-state index in [1.165, 1.54) is 30.5 Å². The van der Waals surface area contributed by atoms with Crippen LogP contribution in [0.25, 0.3) is 0 Å². The van der Waals surface area contributed by atoms with Crippen LogP contribution >= 0.6 is 11.6 Å². The number of hydrogen-bond donors (Lipinski definition) is 2. The van der Waals surface area contributed by atoms with Gasteiger partial charge < -0.3 is 11.1 Å². The van der Waals surface area contributed by atoms with Crippen LogP contribution in [0.4, 0.5) is 21.6 Å². The van der Waals surface area contributed by atoms with Crippen molar-refractivity contribution in [1.29, 1.82) is 5.26 Å². The van der Waals surface area contributed by atoms with Gasteiger partial charge in [0.25, 0.3) is 0 Å². The summed E-state index contributed by atoms with van der Waals surface area (Å²) in [7, 11) is 0. The number of nitrogens with two attached hydrogens (primary N) is 1. The van der Waals surface area contributed by atoms with Crippen molar-refractivity contribution in [2.45, 2.75) is 0 Å². The fraction of sp³-hybridized carbons (Fsp3) is 0. The van der Waals surface area contributed by atoms with Gasteiger partial charge in [-0.3, -0.25) is 0 Å². The summed E-state index contributed by atoms with van der Waals surface area (Å²) >= 11 is 5.91. The number of nitrogen functional groups attached to an aromatic ring is 1. The molecule has 6 heteroatoms. The minimum atomic E-state index is -0.434. The van der Waals surface area contributed by atoms with Crippen LogP contribution < -0.4 is 11.1 Å². The third-order valence-corrected chi connectivity index (χ3v) is 2.54. The molecular formula is C12H8ClFN4. The highest BCUT2D eigenvalue weighted by Crippen LogP contribution is 2.27. The van der Waals surface area contributed by atoms with E-state index in [-0.39, 0.29) is 11.4 Å². The Morgan fingerprint density at radius 2 is 2.17 bits per heavy atom. The van der Waals surface area contributed by atoms with Crippen molar-refractivity contribution in [1.82, 2.24) is 4.98 Å². The van der Waals surface area contributed by atoms with Gasteiger partial charge in [-0.1, -0.05) is 11.6 Å². The van der Waals surface area contributed by atoms with Crippen molar-refractivity contribution in [2.24, 2.45) is 0 Å². The predicted octanol–water partition coefficient (Wildman–Crippen LogP) is 3.07. The van der Waals surface area contributed by atoms with Crippen LogP contribution in [0.5, 0.6) is 0 Å². The quantitative estimate of drug-likeness (QED) is 0.872. The van der Waals surface area contributed by atoms with Crippen LogP contribution in [-0.2, 0) is 0 Å². The van der Waals surface area contributed by atoms with Gasteiger partial charge in [0.2, 0.25) is 0 Å². The Hall–Kier alpha value is -2.32. The molecule has 1 aromatic heterocycles. The summed E-state index contributed by atoms with van der Waals surface area (Å²) in [5.74, 6) is -0.157. The maximum absolute atomic E-state index is 13.1. The highest BCUT2D eigenvalue weighted by atomic mass is 35.5. The van der Waals surface area contributed by atoms with Gasteiger partial charge in [0.1, 0.15) is 17.7 Å². The van der Waals surface area contributed by atoms with Crippen LogP contribution in [0.3, 0.4) is 0 Å². The number of hydrogen-bond acceptors (Lipinski definition) is 4. The maximum atomic E-state index is 13.1. The fourth-order valence-electron chi connectivity index (χ4n) is 1.39. The number of nitrogens with zero attached hydrogens (tertiary/aromatic N) is 2. The molecule has 3 N–H and O–H groups in total. The van der Waals surface area contributed by atoms with Crippen molar-refractivity contribution < 1.29 is 4.39 Å². The highest BCUT2D eigenvalue weighted by molar-refractivity contribution is 6.33. The molecule has 0 fully saturated rings.